The molecule has 0 unspecified atom stereocenters. The average Bonchev–Trinajstić information content (AvgIpc) is 2.62. The van der Waals surface area contributed by atoms with Gasteiger partial charge in [0, 0.05) is 17.8 Å². The highest BCUT2D eigenvalue weighted by Crippen LogP contribution is 2.32. The minimum atomic E-state index is -4.55. The molecule has 0 aliphatic rings. The average molecular weight is 393 g/mol. The number of halogens is 3. The van der Waals surface area contributed by atoms with Crippen molar-refractivity contribution >= 4 is 17.5 Å². The van der Waals surface area contributed by atoms with Crippen LogP contribution in [-0.4, -0.2) is 31.1 Å². The first-order valence-electron chi connectivity index (χ1n) is 8.75. The molecule has 1 atom stereocenters. The second kappa shape index (κ2) is 9.36. The smallest absolute Gasteiger partial charge is 0.352 e. The van der Waals surface area contributed by atoms with Gasteiger partial charge in [-0.05, 0) is 37.6 Å². The first kappa shape index (κ1) is 21.4. The lowest BCUT2D eigenvalue weighted by Gasteiger charge is -2.22. The molecule has 0 saturated heterocycles. The van der Waals surface area contributed by atoms with Gasteiger partial charge in [-0.3, -0.25) is 14.9 Å². The van der Waals surface area contributed by atoms with Crippen molar-refractivity contribution in [3.8, 4) is 0 Å². The number of carbonyl (C=O) groups is 2. The fourth-order valence-electron chi connectivity index (χ4n) is 2.58. The number of carbonyl (C=O) groups excluding carboxylic acids is 2. The van der Waals surface area contributed by atoms with Gasteiger partial charge in [0.2, 0.25) is 5.91 Å². The summed E-state index contributed by atoms with van der Waals surface area (Å²) in [6.45, 7) is 3.48. The van der Waals surface area contributed by atoms with E-state index in [9.17, 15) is 22.8 Å². The molecular formula is C20H22F3N3O2. The number of rotatable bonds is 7. The van der Waals surface area contributed by atoms with Crippen LogP contribution in [0.5, 0.6) is 0 Å². The number of anilines is 1. The second-order valence-electron chi connectivity index (χ2n) is 6.25. The van der Waals surface area contributed by atoms with Gasteiger partial charge >= 0.3 is 6.18 Å². The van der Waals surface area contributed by atoms with Crippen LogP contribution in [0.1, 0.15) is 34.5 Å². The first-order chi connectivity index (χ1) is 13.2. The van der Waals surface area contributed by atoms with Crippen LogP contribution < -0.4 is 16.0 Å². The maximum absolute atomic E-state index is 13.4. The Bertz CT molecular complexity index is 820. The van der Waals surface area contributed by atoms with Gasteiger partial charge in [-0.25, -0.2) is 0 Å². The van der Waals surface area contributed by atoms with E-state index in [0.29, 0.717) is 17.8 Å². The Labute approximate surface area is 161 Å². The normalized spacial score (nSPS) is 12.3. The largest absolute Gasteiger partial charge is 0.407 e. The molecule has 2 rings (SSSR count). The van der Waals surface area contributed by atoms with Crippen LogP contribution in [-0.2, 0) is 4.79 Å². The lowest BCUT2D eigenvalue weighted by Crippen LogP contribution is -2.38. The SMILES string of the molecule is CCNC(=O)c1cccc(NC(=O)CN[C@H](c2ccc(C)cc2)C(F)(F)F)c1. The molecule has 0 aliphatic carbocycles. The molecule has 0 spiro atoms. The quantitative estimate of drug-likeness (QED) is 0.674. The maximum atomic E-state index is 13.4. The van der Waals surface area contributed by atoms with Gasteiger partial charge in [-0.15, -0.1) is 0 Å². The Hall–Kier alpha value is -2.87. The molecule has 0 bridgehead atoms. The summed E-state index contributed by atoms with van der Waals surface area (Å²) in [6.07, 6.45) is -4.55. The molecule has 28 heavy (non-hydrogen) atoms. The van der Waals surface area contributed by atoms with Crippen molar-refractivity contribution in [3.63, 3.8) is 0 Å². The zero-order valence-electron chi connectivity index (χ0n) is 15.6. The molecule has 0 aliphatic heterocycles. The van der Waals surface area contributed by atoms with E-state index in [1.165, 1.54) is 18.2 Å². The van der Waals surface area contributed by atoms with E-state index in [2.05, 4.69) is 16.0 Å². The highest BCUT2D eigenvalue weighted by atomic mass is 19.4. The topological polar surface area (TPSA) is 70.2 Å². The molecule has 150 valence electrons. The Kier molecular flexibility index (Phi) is 7.17. The monoisotopic (exact) mass is 393 g/mol. The van der Waals surface area contributed by atoms with Crippen LogP contribution in [0, 0.1) is 6.92 Å². The summed E-state index contributed by atoms with van der Waals surface area (Å²) in [4.78, 5) is 23.9. The van der Waals surface area contributed by atoms with Crippen molar-refractivity contribution in [2.24, 2.45) is 0 Å². The predicted molar refractivity (Wildman–Crippen MR) is 101 cm³/mol. The standard InChI is InChI=1S/C20H22F3N3O2/c1-3-24-19(28)15-5-4-6-16(11-15)26-17(27)12-25-18(20(21,22)23)14-9-7-13(2)8-10-14/h4-11,18,25H,3,12H2,1-2H3,(H,24,28)(H,26,27)/t18-/m1/s1. The molecular weight excluding hydrogens is 371 g/mol. The number of amides is 2. The molecule has 8 heteroatoms. The number of nitrogens with one attached hydrogen (secondary N) is 3. The van der Waals surface area contributed by atoms with E-state index < -0.39 is 24.7 Å². The third-order valence-electron chi connectivity index (χ3n) is 3.95. The predicted octanol–water partition coefficient (Wildman–Crippen LogP) is 3.58. The Morgan fingerprint density at radius 1 is 1.07 bits per heavy atom. The summed E-state index contributed by atoms with van der Waals surface area (Å²) in [7, 11) is 0. The summed E-state index contributed by atoms with van der Waals surface area (Å²) in [5.74, 6) is -0.942. The lowest BCUT2D eigenvalue weighted by atomic mass is 10.0. The van der Waals surface area contributed by atoms with Crippen molar-refractivity contribution in [1.29, 1.82) is 0 Å². The molecule has 2 amide bonds. The zero-order chi connectivity index (χ0) is 20.7. The van der Waals surface area contributed by atoms with E-state index in [1.54, 1.807) is 44.2 Å². The second-order valence-corrected chi connectivity index (χ2v) is 6.25. The van der Waals surface area contributed by atoms with Crippen molar-refractivity contribution in [2.75, 3.05) is 18.4 Å². The first-order valence-corrected chi connectivity index (χ1v) is 8.75. The van der Waals surface area contributed by atoms with E-state index in [0.717, 1.165) is 5.56 Å². The van der Waals surface area contributed by atoms with Gasteiger partial charge in [-0.1, -0.05) is 35.9 Å². The van der Waals surface area contributed by atoms with E-state index in [4.69, 9.17) is 0 Å². The van der Waals surface area contributed by atoms with Crippen LogP contribution in [0.15, 0.2) is 48.5 Å². The van der Waals surface area contributed by atoms with Crippen LogP contribution in [0.4, 0.5) is 18.9 Å². The highest BCUT2D eigenvalue weighted by molar-refractivity contribution is 5.97. The number of alkyl halides is 3. The van der Waals surface area contributed by atoms with Crippen molar-refractivity contribution in [1.82, 2.24) is 10.6 Å². The molecule has 5 nitrogen and oxygen atoms in total. The Balaban J connectivity index is 2.02. The van der Waals surface area contributed by atoms with E-state index in [-0.39, 0.29) is 11.5 Å². The molecule has 0 radical (unpaired) electrons. The van der Waals surface area contributed by atoms with Gasteiger partial charge in [0.1, 0.15) is 6.04 Å². The maximum Gasteiger partial charge on any atom is 0.407 e. The summed E-state index contributed by atoms with van der Waals surface area (Å²) in [5.41, 5.74) is 1.55. The molecule has 0 fully saturated rings. The molecule has 2 aromatic carbocycles. The molecule has 0 saturated carbocycles. The number of benzene rings is 2. The highest BCUT2D eigenvalue weighted by Gasteiger charge is 2.40. The van der Waals surface area contributed by atoms with Gasteiger partial charge in [-0.2, -0.15) is 13.2 Å². The summed E-state index contributed by atoms with van der Waals surface area (Å²) >= 11 is 0. The van der Waals surface area contributed by atoms with Crippen LogP contribution in [0.2, 0.25) is 0 Å². The Morgan fingerprint density at radius 2 is 1.75 bits per heavy atom. The third kappa shape index (κ3) is 6.09. The van der Waals surface area contributed by atoms with Crippen molar-refractivity contribution < 1.29 is 22.8 Å². The van der Waals surface area contributed by atoms with Gasteiger partial charge in [0.05, 0.1) is 6.54 Å². The van der Waals surface area contributed by atoms with Crippen LogP contribution in [0.25, 0.3) is 0 Å². The minimum Gasteiger partial charge on any atom is -0.352 e. The van der Waals surface area contributed by atoms with Gasteiger partial charge in [0.25, 0.3) is 5.91 Å². The zero-order valence-corrected chi connectivity index (χ0v) is 15.6. The summed E-state index contributed by atoms with van der Waals surface area (Å²) in [5, 5.41) is 7.39. The number of hydrogen-bond acceptors (Lipinski definition) is 3. The fourth-order valence-corrected chi connectivity index (χ4v) is 2.58. The third-order valence-corrected chi connectivity index (χ3v) is 3.95. The lowest BCUT2D eigenvalue weighted by molar-refractivity contribution is -0.158. The van der Waals surface area contributed by atoms with Crippen molar-refractivity contribution in [2.45, 2.75) is 26.1 Å². The molecule has 2 aromatic rings. The molecule has 3 N–H and O–H groups in total. The summed E-state index contributed by atoms with van der Waals surface area (Å²) < 4.78 is 40.1. The van der Waals surface area contributed by atoms with Gasteiger partial charge < -0.3 is 10.6 Å². The molecule has 0 heterocycles. The van der Waals surface area contributed by atoms with Gasteiger partial charge in [0.15, 0.2) is 0 Å². The van der Waals surface area contributed by atoms with Crippen molar-refractivity contribution in [3.05, 3.63) is 65.2 Å². The number of hydrogen-bond donors (Lipinski definition) is 3. The molecule has 0 aromatic heterocycles. The summed E-state index contributed by atoms with van der Waals surface area (Å²) in [6, 6.07) is 10.2. The Morgan fingerprint density at radius 3 is 2.36 bits per heavy atom. The van der Waals surface area contributed by atoms with E-state index in [1.807, 2.05) is 0 Å². The van der Waals surface area contributed by atoms with Crippen LogP contribution in [0.3, 0.4) is 0 Å². The van der Waals surface area contributed by atoms with Crippen LogP contribution >= 0.6 is 0 Å². The number of aryl methyl sites for hydroxylation is 1. The van der Waals surface area contributed by atoms with E-state index >= 15 is 0 Å². The fraction of sp³-hybridized carbons (Fsp3) is 0.300. The minimum absolute atomic E-state index is 0.0316.